The standard InChI is InChI=1S/C50H39N3Si/c1-54(2,3)43-28-26-34(27-29-43)37-19-11-21-40(30-37)47-33-42(32-39-17-8-10-24-45(39)47)38-20-12-22-41(31-38)49-51-48(36-15-5-4-6-16-36)52-50(53-49)46-25-13-18-35-14-7-9-23-44(35)46/h4-33H,1-3H3. The number of fused-ring (bicyclic) bond motifs is 2. The van der Waals surface area contributed by atoms with Gasteiger partial charge in [0.25, 0.3) is 0 Å². The Hall–Kier alpha value is -6.49. The lowest BCUT2D eigenvalue weighted by Gasteiger charge is -2.17. The van der Waals surface area contributed by atoms with E-state index < -0.39 is 8.07 Å². The monoisotopic (exact) mass is 709 g/mol. The van der Waals surface area contributed by atoms with Gasteiger partial charge in [-0.3, -0.25) is 0 Å². The maximum absolute atomic E-state index is 5.14. The first-order valence-corrected chi connectivity index (χ1v) is 22.0. The predicted octanol–water partition coefficient (Wildman–Crippen LogP) is 12.7. The van der Waals surface area contributed by atoms with Gasteiger partial charge in [0.05, 0.1) is 8.07 Å². The Bertz CT molecular complexity index is 2800. The van der Waals surface area contributed by atoms with E-state index in [0.717, 1.165) is 38.6 Å². The van der Waals surface area contributed by atoms with Crippen LogP contribution in [0, 0.1) is 0 Å². The van der Waals surface area contributed by atoms with Gasteiger partial charge < -0.3 is 0 Å². The zero-order valence-corrected chi connectivity index (χ0v) is 31.7. The molecule has 9 rings (SSSR count). The SMILES string of the molecule is C[Si](C)(C)c1ccc(-c2cccc(-c3cc(-c4cccc(-c5nc(-c6ccccc6)nc(-c6cccc7ccccc67)n5)c4)cc4ccccc34)c2)cc1. The minimum Gasteiger partial charge on any atom is -0.208 e. The van der Waals surface area contributed by atoms with E-state index in [1.165, 1.54) is 38.2 Å². The van der Waals surface area contributed by atoms with E-state index in [9.17, 15) is 0 Å². The van der Waals surface area contributed by atoms with E-state index in [1.807, 2.05) is 18.2 Å². The summed E-state index contributed by atoms with van der Waals surface area (Å²) < 4.78 is 0. The number of hydrogen-bond acceptors (Lipinski definition) is 3. The van der Waals surface area contributed by atoms with Crippen molar-refractivity contribution >= 4 is 34.8 Å². The maximum atomic E-state index is 5.14. The lowest BCUT2D eigenvalue weighted by Crippen LogP contribution is -2.37. The second-order valence-corrected chi connectivity index (χ2v) is 20.0. The molecule has 0 saturated heterocycles. The molecule has 258 valence electrons. The Balaban J connectivity index is 1.16. The number of benzene rings is 8. The molecule has 0 bridgehead atoms. The number of nitrogens with zero attached hydrogens (tertiary/aromatic N) is 3. The van der Waals surface area contributed by atoms with Crippen molar-refractivity contribution in [1.29, 1.82) is 0 Å². The van der Waals surface area contributed by atoms with E-state index in [0.29, 0.717) is 17.5 Å². The van der Waals surface area contributed by atoms with Gasteiger partial charge in [-0.15, -0.1) is 0 Å². The smallest absolute Gasteiger partial charge is 0.164 e. The van der Waals surface area contributed by atoms with Crippen molar-refractivity contribution in [2.45, 2.75) is 19.6 Å². The lowest BCUT2D eigenvalue weighted by molar-refractivity contribution is 1.08. The molecule has 0 unspecified atom stereocenters. The lowest BCUT2D eigenvalue weighted by atomic mass is 9.91. The highest BCUT2D eigenvalue weighted by Crippen LogP contribution is 2.37. The Morgan fingerprint density at radius 3 is 1.57 bits per heavy atom. The highest BCUT2D eigenvalue weighted by molar-refractivity contribution is 6.88. The first-order chi connectivity index (χ1) is 26.4. The summed E-state index contributed by atoms with van der Waals surface area (Å²) in [5, 5.41) is 6.17. The summed E-state index contributed by atoms with van der Waals surface area (Å²) in [7, 11) is -1.37. The van der Waals surface area contributed by atoms with Gasteiger partial charge in [0.15, 0.2) is 17.5 Å². The second kappa shape index (κ2) is 13.8. The highest BCUT2D eigenvalue weighted by atomic mass is 28.3. The molecule has 54 heavy (non-hydrogen) atoms. The van der Waals surface area contributed by atoms with Crippen LogP contribution in [0.3, 0.4) is 0 Å². The fraction of sp³-hybridized carbons (Fsp3) is 0.0600. The topological polar surface area (TPSA) is 38.7 Å². The van der Waals surface area contributed by atoms with Crippen molar-refractivity contribution in [3.63, 3.8) is 0 Å². The summed E-state index contributed by atoms with van der Waals surface area (Å²) in [6.07, 6.45) is 0. The molecule has 1 aromatic heterocycles. The molecule has 1 heterocycles. The van der Waals surface area contributed by atoms with Gasteiger partial charge >= 0.3 is 0 Å². The second-order valence-electron chi connectivity index (χ2n) is 14.9. The molecule has 8 aromatic carbocycles. The van der Waals surface area contributed by atoms with Crippen LogP contribution in [0.25, 0.3) is 89.1 Å². The Morgan fingerprint density at radius 2 is 0.833 bits per heavy atom. The molecule has 3 nitrogen and oxygen atoms in total. The molecular weight excluding hydrogens is 671 g/mol. The molecule has 0 aliphatic carbocycles. The van der Waals surface area contributed by atoms with E-state index >= 15 is 0 Å². The molecule has 4 heteroatoms. The minimum absolute atomic E-state index is 0.641. The summed E-state index contributed by atoms with van der Waals surface area (Å²) in [5.41, 5.74) is 9.98. The molecule has 0 fully saturated rings. The molecule has 0 aliphatic heterocycles. The minimum atomic E-state index is -1.37. The molecule has 0 saturated carbocycles. The van der Waals surface area contributed by atoms with Crippen molar-refractivity contribution in [2.75, 3.05) is 0 Å². The normalized spacial score (nSPS) is 11.6. The molecule has 0 spiro atoms. The van der Waals surface area contributed by atoms with Crippen LogP contribution in [0.4, 0.5) is 0 Å². The predicted molar refractivity (Wildman–Crippen MR) is 230 cm³/mol. The van der Waals surface area contributed by atoms with Crippen molar-refractivity contribution in [2.24, 2.45) is 0 Å². The van der Waals surface area contributed by atoms with Crippen molar-refractivity contribution in [3.05, 3.63) is 182 Å². The van der Waals surface area contributed by atoms with E-state index in [1.54, 1.807) is 0 Å². The highest BCUT2D eigenvalue weighted by Gasteiger charge is 2.17. The third-order valence-electron chi connectivity index (χ3n) is 10.3. The molecular formula is C50H39N3Si. The third kappa shape index (κ3) is 6.53. The van der Waals surface area contributed by atoms with E-state index in [2.05, 4.69) is 183 Å². The summed E-state index contributed by atoms with van der Waals surface area (Å²) in [5.74, 6) is 1.95. The summed E-state index contributed by atoms with van der Waals surface area (Å²) >= 11 is 0. The fourth-order valence-electron chi connectivity index (χ4n) is 7.35. The van der Waals surface area contributed by atoms with Crippen LogP contribution in [0.1, 0.15) is 0 Å². The summed E-state index contributed by atoms with van der Waals surface area (Å²) in [6.45, 7) is 7.18. The molecule has 9 aromatic rings. The largest absolute Gasteiger partial charge is 0.208 e. The quantitative estimate of drug-likeness (QED) is 0.155. The Labute approximate surface area is 317 Å². The Morgan fingerprint density at radius 1 is 0.315 bits per heavy atom. The van der Waals surface area contributed by atoms with E-state index in [4.69, 9.17) is 15.0 Å². The van der Waals surface area contributed by atoms with Gasteiger partial charge in [-0.2, -0.15) is 0 Å². The molecule has 0 N–H and O–H groups in total. The summed E-state index contributed by atoms with van der Waals surface area (Å²) in [4.78, 5) is 15.2. The van der Waals surface area contributed by atoms with Crippen LogP contribution in [0.2, 0.25) is 19.6 Å². The van der Waals surface area contributed by atoms with Crippen LogP contribution in [-0.2, 0) is 0 Å². The molecule has 0 radical (unpaired) electrons. The van der Waals surface area contributed by atoms with Gasteiger partial charge in [-0.1, -0.05) is 183 Å². The first-order valence-electron chi connectivity index (χ1n) is 18.5. The van der Waals surface area contributed by atoms with Crippen LogP contribution in [-0.4, -0.2) is 23.0 Å². The average molecular weight is 710 g/mol. The van der Waals surface area contributed by atoms with Crippen molar-refractivity contribution in [3.8, 4) is 67.5 Å². The van der Waals surface area contributed by atoms with Crippen LogP contribution in [0.5, 0.6) is 0 Å². The third-order valence-corrected chi connectivity index (χ3v) is 12.3. The van der Waals surface area contributed by atoms with Crippen LogP contribution < -0.4 is 5.19 Å². The molecule has 0 amide bonds. The summed E-state index contributed by atoms with van der Waals surface area (Å²) in [6, 6.07) is 64.9. The zero-order valence-electron chi connectivity index (χ0n) is 30.7. The van der Waals surface area contributed by atoms with E-state index in [-0.39, 0.29) is 0 Å². The first kappa shape index (κ1) is 33.4. The van der Waals surface area contributed by atoms with Crippen LogP contribution in [0.15, 0.2) is 182 Å². The van der Waals surface area contributed by atoms with Crippen LogP contribution >= 0.6 is 0 Å². The van der Waals surface area contributed by atoms with Gasteiger partial charge in [-0.25, -0.2) is 15.0 Å². The fourth-order valence-corrected chi connectivity index (χ4v) is 8.51. The Kier molecular flexibility index (Phi) is 8.53. The number of hydrogen-bond donors (Lipinski definition) is 0. The van der Waals surface area contributed by atoms with Gasteiger partial charge in [0.1, 0.15) is 0 Å². The zero-order chi connectivity index (χ0) is 36.6. The van der Waals surface area contributed by atoms with Crippen molar-refractivity contribution in [1.82, 2.24) is 15.0 Å². The molecule has 0 aliphatic rings. The average Bonchev–Trinajstić information content (AvgIpc) is 3.23. The number of aromatic nitrogens is 3. The number of rotatable bonds is 7. The molecule has 0 atom stereocenters. The van der Waals surface area contributed by atoms with Gasteiger partial charge in [0, 0.05) is 16.7 Å². The maximum Gasteiger partial charge on any atom is 0.164 e. The van der Waals surface area contributed by atoms with Crippen molar-refractivity contribution < 1.29 is 0 Å². The van der Waals surface area contributed by atoms with Gasteiger partial charge in [0.2, 0.25) is 0 Å². The van der Waals surface area contributed by atoms with Gasteiger partial charge in [-0.05, 0) is 79.2 Å².